The van der Waals surface area contributed by atoms with Crippen LogP contribution in [0.1, 0.15) is 11.1 Å². The number of hydrogen-bond acceptors (Lipinski definition) is 3. The molecule has 140 valence electrons. The normalized spacial score (nSPS) is 16.2. The molecule has 28 heavy (non-hydrogen) atoms. The molecule has 0 atom stereocenters. The summed E-state index contributed by atoms with van der Waals surface area (Å²) in [5.74, 6) is -1.35. The standard InChI is InChI=1S/C21H16BrN3O3/c1-12-9-14(22)7-8-17(12)25-20(27)16(19(26)23-21(25)28)10-13-11-24(2)18-6-4-3-5-15(13)18/h3-11H,1-2H3,(H,23,26,28)/b16-10+. The van der Waals surface area contributed by atoms with Crippen molar-refractivity contribution in [3.8, 4) is 0 Å². The van der Waals surface area contributed by atoms with Gasteiger partial charge in [-0.15, -0.1) is 0 Å². The van der Waals surface area contributed by atoms with Crippen molar-refractivity contribution in [1.82, 2.24) is 9.88 Å². The van der Waals surface area contributed by atoms with Gasteiger partial charge in [-0.25, -0.2) is 9.69 Å². The van der Waals surface area contributed by atoms with Gasteiger partial charge in [0.1, 0.15) is 5.57 Å². The monoisotopic (exact) mass is 437 g/mol. The van der Waals surface area contributed by atoms with Gasteiger partial charge in [-0.3, -0.25) is 14.9 Å². The first kappa shape index (κ1) is 18.2. The average Bonchev–Trinajstić information content (AvgIpc) is 2.96. The second kappa shape index (κ2) is 6.76. The Kier molecular flexibility index (Phi) is 4.39. The van der Waals surface area contributed by atoms with E-state index in [0.29, 0.717) is 5.69 Å². The number of urea groups is 1. The van der Waals surface area contributed by atoms with E-state index in [0.717, 1.165) is 31.4 Å². The summed E-state index contributed by atoms with van der Waals surface area (Å²) in [6, 6.07) is 12.2. The summed E-state index contributed by atoms with van der Waals surface area (Å²) in [5.41, 5.74) is 2.80. The lowest BCUT2D eigenvalue weighted by atomic mass is 10.1. The van der Waals surface area contributed by atoms with E-state index >= 15 is 0 Å². The highest BCUT2D eigenvalue weighted by atomic mass is 79.9. The maximum absolute atomic E-state index is 13.1. The largest absolute Gasteiger partial charge is 0.350 e. The molecule has 1 aromatic heterocycles. The number of aryl methyl sites for hydroxylation is 2. The Bertz CT molecular complexity index is 1190. The van der Waals surface area contributed by atoms with Gasteiger partial charge < -0.3 is 4.57 Å². The van der Waals surface area contributed by atoms with Gasteiger partial charge in [0, 0.05) is 34.2 Å². The van der Waals surface area contributed by atoms with E-state index in [2.05, 4.69) is 21.2 Å². The lowest BCUT2D eigenvalue weighted by Gasteiger charge is -2.27. The highest BCUT2D eigenvalue weighted by Gasteiger charge is 2.37. The number of para-hydroxylation sites is 1. The Morgan fingerprint density at radius 3 is 2.57 bits per heavy atom. The zero-order valence-electron chi connectivity index (χ0n) is 15.2. The third-order valence-corrected chi connectivity index (χ3v) is 5.22. The molecule has 0 saturated carbocycles. The number of imide groups is 2. The first-order valence-electron chi connectivity index (χ1n) is 8.58. The molecule has 2 heterocycles. The second-order valence-corrected chi connectivity index (χ2v) is 7.52. The zero-order valence-corrected chi connectivity index (χ0v) is 16.8. The molecule has 1 aliphatic heterocycles. The van der Waals surface area contributed by atoms with E-state index in [4.69, 9.17) is 0 Å². The Morgan fingerprint density at radius 2 is 1.82 bits per heavy atom. The summed E-state index contributed by atoms with van der Waals surface area (Å²) in [6.45, 7) is 1.80. The van der Waals surface area contributed by atoms with Crippen LogP contribution in [-0.2, 0) is 16.6 Å². The summed E-state index contributed by atoms with van der Waals surface area (Å²) >= 11 is 3.37. The molecule has 2 aromatic carbocycles. The fourth-order valence-electron chi connectivity index (χ4n) is 3.39. The van der Waals surface area contributed by atoms with Crippen molar-refractivity contribution in [2.75, 3.05) is 4.90 Å². The maximum Gasteiger partial charge on any atom is 0.335 e. The third kappa shape index (κ3) is 2.93. The average molecular weight is 438 g/mol. The minimum Gasteiger partial charge on any atom is -0.350 e. The van der Waals surface area contributed by atoms with E-state index in [1.807, 2.05) is 42.1 Å². The molecular weight excluding hydrogens is 422 g/mol. The number of anilines is 1. The highest BCUT2D eigenvalue weighted by molar-refractivity contribution is 9.10. The van der Waals surface area contributed by atoms with Crippen molar-refractivity contribution in [2.24, 2.45) is 7.05 Å². The maximum atomic E-state index is 13.1. The first-order chi connectivity index (χ1) is 13.4. The minimum absolute atomic E-state index is 0.0849. The smallest absolute Gasteiger partial charge is 0.335 e. The van der Waals surface area contributed by atoms with E-state index in [1.54, 1.807) is 25.1 Å². The van der Waals surface area contributed by atoms with Gasteiger partial charge in [0.25, 0.3) is 11.8 Å². The van der Waals surface area contributed by atoms with Gasteiger partial charge in [0.05, 0.1) is 5.69 Å². The number of benzene rings is 2. The number of nitrogens with zero attached hydrogens (tertiary/aromatic N) is 2. The molecule has 0 radical (unpaired) electrons. The number of barbiturate groups is 1. The van der Waals surface area contributed by atoms with Crippen molar-refractivity contribution in [3.63, 3.8) is 0 Å². The topological polar surface area (TPSA) is 71.4 Å². The molecule has 4 amide bonds. The van der Waals surface area contributed by atoms with E-state index in [9.17, 15) is 14.4 Å². The fourth-order valence-corrected chi connectivity index (χ4v) is 3.87. The van der Waals surface area contributed by atoms with Crippen molar-refractivity contribution in [3.05, 3.63) is 69.8 Å². The minimum atomic E-state index is -0.754. The van der Waals surface area contributed by atoms with Crippen molar-refractivity contribution < 1.29 is 14.4 Å². The lowest BCUT2D eigenvalue weighted by molar-refractivity contribution is -0.122. The quantitative estimate of drug-likeness (QED) is 0.487. The van der Waals surface area contributed by atoms with Gasteiger partial charge in [-0.2, -0.15) is 0 Å². The van der Waals surface area contributed by atoms with E-state index in [-0.39, 0.29) is 5.57 Å². The van der Waals surface area contributed by atoms with Crippen LogP contribution < -0.4 is 10.2 Å². The summed E-state index contributed by atoms with van der Waals surface area (Å²) < 4.78 is 2.76. The molecule has 1 fully saturated rings. The molecular formula is C21H16BrN3O3. The number of aromatic nitrogens is 1. The van der Waals surface area contributed by atoms with Crippen LogP contribution in [0.2, 0.25) is 0 Å². The van der Waals surface area contributed by atoms with Crippen molar-refractivity contribution >= 4 is 56.4 Å². The van der Waals surface area contributed by atoms with Crippen LogP contribution in [0.3, 0.4) is 0 Å². The molecule has 3 aromatic rings. The molecule has 0 aliphatic carbocycles. The fraction of sp³-hybridized carbons (Fsp3) is 0.0952. The first-order valence-corrected chi connectivity index (χ1v) is 9.38. The number of amides is 4. The van der Waals surface area contributed by atoms with Gasteiger partial charge in [0.15, 0.2) is 0 Å². The Hall–Kier alpha value is -3.19. The zero-order chi connectivity index (χ0) is 20.0. The van der Waals surface area contributed by atoms with Crippen LogP contribution in [0.25, 0.3) is 17.0 Å². The summed E-state index contributed by atoms with van der Waals surface area (Å²) in [5, 5.41) is 3.18. The molecule has 1 aliphatic rings. The van der Waals surface area contributed by atoms with Gasteiger partial charge in [-0.05, 0) is 42.8 Å². The number of nitrogens with one attached hydrogen (secondary N) is 1. The molecule has 6 nitrogen and oxygen atoms in total. The summed E-state index contributed by atoms with van der Waals surface area (Å²) in [4.78, 5) is 38.9. The van der Waals surface area contributed by atoms with Gasteiger partial charge in [0.2, 0.25) is 0 Å². The molecule has 4 rings (SSSR count). The van der Waals surface area contributed by atoms with Gasteiger partial charge >= 0.3 is 6.03 Å². The Labute approximate surface area is 169 Å². The third-order valence-electron chi connectivity index (χ3n) is 4.73. The molecule has 0 bridgehead atoms. The van der Waals surface area contributed by atoms with Crippen LogP contribution in [0, 0.1) is 6.92 Å². The Balaban J connectivity index is 1.82. The summed E-state index contributed by atoms with van der Waals surface area (Å²) in [6.07, 6.45) is 3.39. The molecule has 0 spiro atoms. The number of fused-ring (bicyclic) bond motifs is 1. The van der Waals surface area contributed by atoms with Crippen molar-refractivity contribution in [1.29, 1.82) is 0 Å². The second-order valence-electron chi connectivity index (χ2n) is 6.60. The number of carbonyl (C=O) groups is 3. The number of rotatable bonds is 2. The van der Waals surface area contributed by atoms with Crippen molar-refractivity contribution in [2.45, 2.75) is 6.92 Å². The molecule has 1 saturated heterocycles. The Morgan fingerprint density at radius 1 is 1.07 bits per heavy atom. The molecule has 7 heteroatoms. The SMILES string of the molecule is Cc1cc(Br)ccc1N1C(=O)NC(=O)/C(=C\c2cn(C)c3ccccc23)C1=O. The number of halogens is 1. The predicted octanol–water partition coefficient (Wildman–Crippen LogP) is 3.92. The van der Waals surface area contributed by atoms with E-state index < -0.39 is 17.8 Å². The number of hydrogen-bond donors (Lipinski definition) is 1. The predicted molar refractivity (Wildman–Crippen MR) is 111 cm³/mol. The van der Waals surface area contributed by atoms with Crippen LogP contribution in [-0.4, -0.2) is 22.4 Å². The van der Waals surface area contributed by atoms with Crippen LogP contribution in [0.4, 0.5) is 10.5 Å². The van der Waals surface area contributed by atoms with Gasteiger partial charge in [-0.1, -0.05) is 34.1 Å². The van der Waals surface area contributed by atoms with Crippen LogP contribution in [0.15, 0.2) is 58.7 Å². The summed E-state index contributed by atoms with van der Waals surface area (Å²) in [7, 11) is 1.90. The van der Waals surface area contributed by atoms with Crippen LogP contribution in [0.5, 0.6) is 0 Å². The lowest BCUT2D eigenvalue weighted by Crippen LogP contribution is -2.54. The van der Waals surface area contributed by atoms with Crippen LogP contribution >= 0.6 is 15.9 Å². The molecule has 0 unspecified atom stereocenters. The molecule has 1 N–H and O–H groups in total. The van der Waals surface area contributed by atoms with E-state index in [1.165, 1.54) is 6.08 Å². The number of carbonyl (C=O) groups excluding carboxylic acids is 3. The highest BCUT2D eigenvalue weighted by Crippen LogP contribution is 2.29.